The molecule has 0 aliphatic carbocycles. The first-order valence-corrected chi connectivity index (χ1v) is 6.22. The molecule has 0 amide bonds. The standard InChI is InChI=1S/C12H17N5O2/c1-8(11(18)19)4-3-5-13-10-6-9(2)16-12-14-7-15-17(10)12/h6-8,13H,3-5H2,1-2H3,(H,18,19). The van der Waals surface area contributed by atoms with Crippen molar-refractivity contribution < 1.29 is 9.90 Å². The predicted molar refractivity (Wildman–Crippen MR) is 70.0 cm³/mol. The Morgan fingerprint density at radius 1 is 1.58 bits per heavy atom. The highest BCUT2D eigenvalue weighted by atomic mass is 16.4. The maximum Gasteiger partial charge on any atom is 0.306 e. The Labute approximate surface area is 110 Å². The second-order valence-electron chi connectivity index (χ2n) is 4.56. The molecule has 0 radical (unpaired) electrons. The molecule has 0 spiro atoms. The smallest absolute Gasteiger partial charge is 0.306 e. The van der Waals surface area contributed by atoms with Crippen molar-refractivity contribution in [1.29, 1.82) is 0 Å². The van der Waals surface area contributed by atoms with E-state index in [2.05, 4.69) is 20.4 Å². The maximum absolute atomic E-state index is 10.7. The summed E-state index contributed by atoms with van der Waals surface area (Å²) in [5.41, 5.74) is 0.863. The van der Waals surface area contributed by atoms with Gasteiger partial charge in [0.15, 0.2) is 0 Å². The van der Waals surface area contributed by atoms with E-state index in [-0.39, 0.29) is 5.92 Å². The Bertz CT molecular complexity index is 581. The number of anilines is 1. The highest BCUT2D eigenvalue weighted by molar-refractivity contribution is 5.69. The third-order valence-electron chi connectivity index (χ3n) is 2.92. The van der Waals surface area contributed by atoms with E-state index in [0.29, 0.717) is 18.7 Å². The lowest BCUT2D eigenvalue weighted by Gasteiger charge is -2.09. The minimum absolute atomic E-state index is 0.313. The van der Waals surface area contributed by atoms with Crippen LogP contribution >= 0.6 is 0 Å². The van der Waals surface area contributed by atoms with Crippen molar-refractivity contribution in [3.05, 3.63) is 18.1 Å². The summed E-state index contributed by atoms with van der Waals surface area (Å²) in [7, 11) is 0. The number of aryl methyl sites for hydroxylation is 1. The largest absolute Gasteiger partial charge is 0.481 e. The molecule has 0 aliphatic heterocycles. The molecular weight excluding hydrogens is 246 g/mol. The van der Waals surface area contributed by atoms with Crippen molar-refractivity contribution in [2.75, 3.05) is 11.9 Å². The van der Waals surface area contributed by atoms with Crippen molar-refractivity contribution in [2.45, 2.75) is 26.7 Å². The van der Waals surface area contributed by atoms with Crippen molar-refractivity contribution in [3.8, 4) is 0 Å². The van der Waals surface area contributed by atoms with Crippen LogP contribution in [0.1, 0.15) is 25.5 Å². The molecule has 2 heterocycles. The lowest BCUT2D eigenvalue weighted by molar-refractivity contribution is -0.141. The molecule has 0 fully saturated rings. The second kappa shape index (κ2) is 5.64. The topological polar surface area (TPSA) is 92.4 Å². The van der Waals surface area contributed by atoms with Crippen LogP contribution in [0, 0.1) is 12.8 Å². The fourth-order valence-electron chi connectivity index (χ4n) is 1.80. The minimum atomic E-state index is -0.751. The van der Waals surface area contributed by atoms with Gasteiger partial charge in [0.25, 0.3) is 5.78 Å². The van der Waals surface area contributed by atoms with Gasteiger partial charge in [-0.3, -0.25) is 4.79 Å². The number of aromatic nitrogens is 4. The molecule has 2 N–H and O–H groups in total. The van der Waals surface area contributed by atoms with Crippen LogP contribution < -0.4 is 5.32 Å². The van der Waals surface area contributed by atoms with Crippen molar-refractivity contribution in [3.63, 3.8) is 0 Å². The van der Waals surface area contributed by atoms with Crippen LogP contribution in [0.3, 0.4) is 0 Å². The molecule has 1 atom stereocenters. The number of rotatable bonds is 6. The average Bonchev–Trinajstić information content (AvgIpc) is 2.81. The number of fused-ring (bicyclic) bond motifs is 1. The molecular formula is C12H17N5O2. The number of carboxylic acid groups (broad SMARTS) is 1. The van der Waals surface area contributed by atoms with Gasteiger partial charge in [-0.1, -0.05) is 6.92 Å². The Morgan fingerprint density at radius 2 is 2.37 bits per heavy atom. The number of hydrogen-bond acceptors (Lipinski definition) is 5. The zero-order valence-corrected chi connectivity index (χ0v) is 11.0. The second-order valence-corrected chi connectivity index (χ2v) is 4.56. The molecule has 2 aromatic rings. The molecule has 2 aromatic heterocycles. The molecule has 0 aromatic carbocycles. The van der Waals surface area contributed by atoms with E-state index < -0.39 is 5.97 Å². The first-order chi connectivity index (χ1) is 9.08. The molecule has 7 heteroatoms. The van der Waals surface area contributed by atoms with E-state index in [4.69, 9.17) is 5.11 Å². The number of aliphatic carboxylic acids is 1. The number of carbonyl (C=O) groups is 1. The molecule has 0 saturated heterocycles. The summed E-state index contributed by atoms with van der Waals surface area (Å²) in [6.07, 6.45) is 2.89. The van der Waals surface area contributed by atoms with Crippen LogP contribution in [0.5, 0.6) is 0 Å². The fraction of sp³-hybridized carbons (Fsp3) is 0.500. The zero-order valence-electron chi connectivity index (χ0n) is 11.0. The van der Waals surface area contributed by atoms with Crippen molar-refractivity contribution >= 4 is 17.6 Å². The number of nitrogens with one attached hydrogen (secondary N) is 1. The maximum atomic E-state index is 10.7. The van der Waals surface area contributed by atoms with Gasteiger partial charge in [-0.15, -0.1) is 0 Å². The van der Waals surface area contributed by atoms with Gasteiger partial charge in [0.05, 0.1) is 5.92 Å². The van der Waals surface area contributed by atoms with E-state index in [1.807, 2.05) is 13.0 Å². The Hall–Kier alpha value is -2.18. The third-order valence-corrected chi connectivity index (χ3v) is 2.92. The van der Waals surface area contributed by atoms with Gasteiger partial charge in [0, 0.05) is 18.3 Å². The van der Waals surface area contributed by atoms with Gasteiger partial charge < -0.3 is 10.4 Å². The van der Waals surface area contributed by atoms with Crippen LogP contribution in [-0.2, 0) is 4.79 Å². The molecule has 7 nitrogen and oxygen atoms in total. The van der Waals surface area contributed by atoms with Gasteiger partial charge in [0.2, 0.25) is 0 Å². The lowest BCUT2D eigenvalue weighted by Crippen LogP contribution is -2.13. The predicted octanol–water partition coefficient (Wildman–Crippen LogP) is 1.35. The quantitative estimate of drug-likeness (QED) is 0.764. The van der Waals surface area contributed by atoms with Crippen LogP contribution in [0.2, 0.25) is 0 Å². The Balaban J connectivity index is 1.94. The normalized spacial score (nSPS) is 12.5. The third kappa shape index (κ3) is 3.18. The zero-order chi connectivity index (χ0) is 13.8. The summed E-state index contributed by atoms with van der Waals surface area (Å²) in [5, 5.41) is 16.1. The fourth-order valence-corrected chi connectivity index (χ4v) is 1.80. The first-order valence-electron chi connectivity index (χ1n) is 6.22. The lowest BCUT2D eigenvalue weighted by atomic mass is 10.1. The number of carboxylic acids is 1. The molecule has 102 valence electrons. The van der Waals surface area contributed by atoms with Gasteiger partial charge in [-0.05, 0) is 19.8 Å². The molecule has 1 unspecified atom stereocenters. The Kier molecular flexibility index (Phi) is 3.94. The van der Waals surface area contributed by atoms with Gasteiger partial charge >= 0.3 is 5.97 Å². The van der Waals surface area contributed by atoms with Gasteiger partial charge in [-0.2, -0.15) is 14.6 Å². The van der Waals surface area contributed by atoms with Gasteiger partial charge in [0.1, 0.15) is 12.1 Å². The summed E-state index contributed by atoms with van der Waals surface area (Å²) in [6.45, 7) is 4.30. The minimum Gasteiger partial charge on any atom is -0.481 e. The highest BCUT2D eigenvalue weighted by Gasteiger charge is 2.10. The summed E-state index contributed by atoms with van der Waals surface area (Å²) in [4.78, 5) is 19.0. The van der Waals surface area contributed by atoms with E-state index in [9.17, 15) is 4.79 Å². The van der Waals surface area contributed by atoms with Crippen LogP contribution in [-0.4, -0.2) is 37.2 Å². The van der Waals surface area contributed by atoms with E-state index >= 15 is 0 Å². The first kappa shape index (κ1) is 13.3. The number of hydrogen-bond donors (Lipinski definition) is 2. The summed E-state index contributed by atoms with van der Waals surface area (Å²) >= 11 is 0. The SMILES string of the molecule is Cc1cc(NCCCC(C)C(=O)O)n2ncnc2n1. The molecule has 0 saturated carbocycles. The van der Waals surface area contributed by atoms with Gasteiger partial charge in [-0.25, -0.2) is 4.98 Å². The van der Waals surface area contributed by atoms with Crippen LogP contribution in [0.4, 0.5) is 5.82 Å². The Morgan fingerprint density at radius 3 is 3.11 bits per heavy atom. The molecule has 2 rings (SSSR count). The summed E-state index contributed by atoms with van der Waals surface area (Å²) in [6, 6.07) is 1.89. The molecule has 0 aliphatic rings. The molecule has 19 heavy (non-hydrogen) atoms. The van der Waals surface area contributed by atoms with Crippen LogP contribution in [0.15, 0.2) is 12.4 Å². The monoisotopic (exact) mass is 263 g/mol. The van der Waals surface area contributed by atoms with E-state index in [0.717, 1.165) is 17.9 Å². The van der Waals surface area contributed by atoms with E-state index in [1.54, 1.807) is 11.4 Å². The molecule has 0 bridgehead atoms. The van der Waals surface area contributed by atoms with Crippen molar-refractivity contribution in [1.82, 2.24) is 19.6 Å². The van der Waals surface area contributed by atoms with Crippen LogP contribution in [0.25, 0.3) is 5.78 Å². The summed E-state index contributed by atoms with van der Waals surface area (Å²) in [5.74, 6) is 0.315. The van der Waals surface area contributed by atoms with E-state index in [1.165, 1.54) is 6.33 Å². The average molecular weight is 263 g/mol. The number of nitrogens with zero attached hydrogens (tertiary/aromatic N) is 4. The summed E-state index contributed by atoms with van der Waals surface area (Å²) < 4.78 is 1.63. The highest BCUT2D eigenvalue weighted by Crippen LogP contribution is 2.11. The van der Waals surface area contributed by atoms with Crippen molar-refractivity contribution in [2.24, 2.45) is 5.92 Å².